The highest BCUT2D eigenvalue weighted by Gasteiger charge is 2.53. The number of amides is 3. The van der Waals surface area contributed by atoms with Gasteiger partial charge in [0.2, 0.25) is 11.8 Å². The first-order valence-corrected chi connectivity index (χ1v) is 24.4. The molecule has 0 unspecified atom stereocenters. The van der Waals surface area contributed by atoms with Gasteiger partial charge in [-0.15, -0.1) is 0 Å². The number of likely N-dealkylation sites (N-methyl/N-ethyl adjacent to an activating group) is 1. The van der Waals surface area contributed by atoms with Crippen LogP contribution < -0.4 is 5.32 Å². The lowest BCUT2D eigenvalue weighted by Gasteiger charge is -2.49. The fourth-order valence-corrected chi connectivity index (χ4v) is 8.34. The van der Waals surface area contributed by atoms with Crippen molar-refractivity contribution >= 4 is 17.9 Å². The van der Waals surface area contributed by atoms with Gasteiger partial charge >= 0.3 is 6.09 Å². The highest BCUT2D eigenvalue weighted by molar-refractivity contribution is 5.93. The lowest BCUT2D eigenvalue weighted by Crippen LogP contribution is -2.70. The van der Waals surface area contributed by atoms with Crippen LogP contribution in [0.2, 0.25) is 0 Å². The fraction of sp³-hybridized carbons (Fsp3) is 0.816. The highest BCUT2D eigenvalue weighted by Crippen LogP contribution is 2.30. The number of imide groups is 1. The highest BCUT2D eigenvalue weighted by atomic mass is 16.6. The summed E-state index contributed by atoms with van der Waals surface area (Å²) in [5.41, 5.74) is 0.705. The van der Waals surface area contributed by atoms with Crippen molar-refractivity contribution in [2.24, 2.45) is 0 Å². The van der Waals surface area contributed by atoms with Crippen LogP contribution in [0, 0.1) is 0 Å². The van der Waals surface area contributed by atoms with Crippen LogP contribution in [-0.4, -0.2) is 100 Å². The van der Waals surface area contributed by atoms with Crippen LogP contribution in [0.15, 0.2) is 30.3 Å². The molecule has 1 aromatic rings. The van der Waals surface area contributed by atoms with E-state index in [4.69, 9.17) is 9.47 Å². The molecule has 1 aliphatic heterocycles. The van der Waals surface area contributed by atoms with Crippen LogP contribution in [-0.2, 0) is 25.7 Å². The van der Waals surface area contributed by atoms with Gasteiger partial charge < -0.3 is 35.0 Å². The van der Waals surface area contributed by atoms with Crippen LogP contribution in [0.4, 0.5) is 4.79 Å². The largest absolute Gasteiger partial charge is 0.444 e. The number of aliphatic hydroxyl groups excluding tert-OH is 3. The van der Waals surface area contributed by atoms with E-state index in [9.17, 15) is 29.7 Å². The van der Waals surface area contributed by atoms with E-state index in [1.165, 1.54) is 127 Å². The predicted octanol–water partition coefficient (Wildman–Crippen LogP) is 9.97. The maximum Gasteiger partial charge on any atom is 0.417 e. The number of carbonyl (C=O) groups excluding carboxylic acids is 3. The molecule has 1 aromatic carbocycles. The molecular weight excluding hydrogens is 759 g/mol. The van der Waals surface area contributed by atoms with E-state index < -0.39 is 49.2 Å². The molecule has 0 saturated carbocycles. The number of hydrogen-bond acceptors (Lipinski definition) is 9. The average molecular weight is 846 g/mol. The summed E-state index contributed by atoms with van der Waals surface area (Å²) in [7, 11) is 1.56. The Kier molecular flexibility index (Phi) is 31.2. The first-order valence-electron chi connectivity index (χ1n) is 24.4. The van der Waals surface area contributed by atoms with Gasteiger partial charge in [0.15, 0.2) is 6.23 Å². The lowest BCUT2D eigenvalue weighted by atomic mass is 9.93. The summed E-state index contributed by atoms with van der Waals surface area (Å²) in [4.78, 5) is 44.1. The van der Waals surface area contributed by atoms with Crippen molar-refractivity contribution in [3.63, 3.8) is 0 Å². The van der Waals surface area contributed by atoms with Gasteiger partial charge in [-0.05, 0) is 25.5 Å². The number of unbranched alkanes of at least 4 members (excludes halogenated alkanes) is 25. The number of nitrogens with zero attached hydrogens (tertiary/aromatic N) is 2. The standard InChI is InChI=1S/C49H87N3O8/c1-4-6-8-10-12-14-16-17-18-19-20-22-24-26-28-33-37-51(43(54)36-32-27-25-23-21-15-13-11-9-7-5-2)48-45(47(57)46(56)42(39-53)60-48)52(44(55)38-50-3)49(58)59-40-41-34-30-29-31-35-41/h29-31,34-35,42,45-48,50,53,56-57H,4-28,32-33,36-40H2,1-3H3/t42-,45-,46-,47-,48-/m1/s1. The second-order valence-electron chi connectivity index (χ2n) is 17.2. The third-order valence-electron chi connectivity index (χ3n) is 12.0. The second-order valence-corrected chi connectivity index (χ2v) is 17.2. The zero-order chi connectivity index (χ0) is 43.6. The summed E-state index contributed by atoms with van der Waals surface area (Å²) < 4.78 is 11.9. The molecule has 11 heteroatoms. The molecule has 1 aliphatic rings. The van der Waals surface area contributed by atoms with Gasteiger partial charge in [-0.25, -0.2) is 9.69 Å². The minimum absolute atomic E-state index is 0.125. The van der Waals surface area contributed by atoms with Crippen LogP contribution in [0.5, 0.6) is 0 Å². The molecule has 0 bridgehead atoms. The van der Waals surface area contributed by atoms with Gasteiger partial charge in [0, 0.05) is 13.0 Å². The molecule has 1 fully saturated rings. The normalized spacial score (nSPS) is 19.0. The molecule has 0 spiro atoms. The molecule has 0 aromatic heterocycles. The third kappa shape index (κ3) is 22.0. The van der Waals surface area contributed by atoms with E-state index >= 15 is 0 Å². The SMILES string of the molecule is CCCCCCCCCCCCCCCCCCN(C(=O)CCCCCCCCCCCCC)[C@@H]1O[C@H](CO)[C@@H](O)[C@H](O)[C@H]1N(C(=O)CNC)C(=O)OCc1ccccc1. The Morgan fingerprint density at radius 1 is 0.633 bits per heavy atom. The van der Waals surface area contributed by atoms with E-state index in [1.54, 1.807) is 19.2 Å². The van der Waals surface area contributed by atoms with Crippen molar-refractivity contribution in [2.45, 2.75) is 231 Å². The van der Waals surface area contributed by atoms with Crippen LogP contribution in [0.25, 0.3) is 0 Å². The lowest BCUT2D eigenvalue weighted by molar-refractivity contribution is -0.244. The van der Waals surface area contributed by atoms with Gasteiger partial charge in [-0.2, -0.15) is 0 Å². The van der Waals surface area contributed by atoms with E-state index in [1.807, 2.05) is 18.2 Å². The van der Waals surface area contributed by atoms with Gasteiger partial charge in [0.25, 0.3) is 0 Å². The molecule has 1 heterocycles. The molecule has 4 N–H and O–H groups in total. The molecule has 60 heavy (non-hydrogen) atoms. The Bertz CT molecular complexity index is 1220. The Hall–Kier alpha value is -2.57. The maximum absolute atomic E-state index is 14.2. The average Bonchev–Trinajstić information content (AvgIpc) is 3.25. The van der Waals surface area contributed by atoms with Crippen molar-refractivity contribution in [2.75, 3.05) is 26.7 Å². The summed E-state index contributed by atoms with van der Waals surface area (Å²) in [6.45, 7) is 3.77. The number of nitrogens with one attached hydrogen (secondary N) is 1. The van der Waals surface area contributed by atoms with Gasteiger partial charge in [0.05, 0.1) is 13.2 Å². The summed E-state index contributed by atoms with van der Waals surface area (Å²) in [5, 5.41) is 35.7. The number of aliphatic hydroxyl groups is 3. The van der Waals surface area contributed by atoms with E-state index in [0.29, 0.717) is 18.4 Å². The summed E-state index contributed by atoms with van der Waals surface area (Å²) in [6.07, 6.45) is 25.5. The Balaban J connectivity index is 2.10. The second kappa shape index (κ2) is 35.0. The minimum Gasteiger partial charge on any atom is -0.444 e. The molecule has 11 nitrogen and oxygen atoms in total. The smallest absolute Gasteiger partial charge is 0.417 e. The predicted molar refractivity (Wildman–Crippen MR) is 241 cm³/mol. The number of hydrogen-bond donors (Lipinski definition) is 4. The molecule has 2 rings (SSSR count). The van der Waals surface area contributed by atoms with Gasteiger partial charge in [-0.1, -0.05) is 205 Å². The Morgan fingerprint density at radius 2 is 1.08 bits per heavy atom. The maximum atomic E-state index is 14.2. The van der Waals surface area contributed by atoms with Crippen molar-refractivity contribution < 1.29 is 39.2 Å². The molecule has 0 aliphatic carbocycles. The van der Waals surface area contributed by atoms with E-state index in [0.717, 1.165) is 43.4 Å². The summed E-state index contributed by atoms with van der Waals surface area (Å²) >= 11 is 0. The van der Waals surface area contributed by atoms with Gasteiger partial charge in [0.1, 0.15) is 31.0 Å². The third-order valence-corrected chi connectivity index (χ3v) is 12.0. The number of benzene rings is 1. The molecular formula is C49H87N3O8. The zero-order valence-corrected chi connectivity index (χ0v) is 38.2. The topological polar surface area (TPSA) is 149 Å². The number of ether oxygens (including phenoxy) is 2. The Morgan fingerprint density at radius 3 is 1.53 bits per heavy atom. The Labute approximate surface area is 364 Å². The van der Waals surface area contributed by atoms with Crippen molar-refractivity contribution in [1.29, 1.82) is 0 Å². The quantitative estimate of drug-likeness (QED) is 0.0485. The first-order chi connectivity index (χ1) is 29.3. The monoisotopic (exact) mass is 846 g/mol. The summed E-state index contributed by atoms with van der Waals surface area (Å²) in [6, 6.07) is 7.56. The minimum atomic E-state index is -1.71. The molecule has 5 atom stereocenters. The fourth-order valence-electron chi connectivity index (χ4n) is 8.34. The summed E-state index contributed by atoms with van der Waals surface area (Å²) in [5.74, 6) is -0.913. The molecule has 346 valence electrons. The zero-order valence-electron chi connectivity index (χ0n) is 38.2. The molecule has 1 saturated heterocycles. The van der Waals surface area contributed by atoms with Crippen LogP contribution >= 0.6 is 0 Å². The van der Waals surface area contributed by atoms with E-state index in [-0.39, 0.29) is 32.0 Å². The first kappa shape index (κ1) is 53.6. The van der Waals surface area contributed by atoms with E-state index in [2.05, 4.69) is 19.2 Å². The molecule has 0 radical (unpaired) electrons. The molecule has 3 amide bonds. The van der Waals surface area contributed by atoms with Crippen LogP contribution in [0.3, 0.4) is 0 Å². The van der Waals surface area contributed by atoms with Crippen molar-refractivity contribution in [3.8, 4) is 0 Å². The van der Waals surface area contributed by atoms with Crippen molar-refractivity contribution in [3.05, 3.63) is 35.9 Å². The number of rotatable bonds is 36. The van der Waals surface area contributed by atoms with Crippen LogP contribution in [0.1, 0.15) is 199 Å². The van der Waals surface area contributed by atoms with Crippen molar-refractivity contribution in [1.82, 2.24) is 15.1 Å². The van der Waals surface area contributed by atoms with Gasteiger partial charge in [-0.3, -0.25) is 9.59 Å². The number of carbonyl (C=O) groups is 3.